The van der Waals surface area contributed by atoms with Crippen molar-refractivity contribution in [3.8, 4) is 0 Å². The van der Waals surface area contributed by atoms with Crippen LogP contribution in [0.3, 0.4) is 0 Å². The molecule has 15 heavy (non-hydrogen) atoms. The second kappa shape index (κ2) is 4.23. The minimum Gasteiger partial charge on any atom is -0.322 e. The standard InChI is InChI=1S/C11H14N4/c1-15-11(4-7-14-15)10(12)8-9-2-5-13-6-3-9/h2-7,10H,8,12H2,1H3. The molecule has 1 unspecified atom stereocenters. The lowest BCUT2D eigenvalue weighted by molar-refractivity contribution is 0.617. The summed E-state index contributed by atoms with van der Waals surface area (Å²) in [6.45, 7) is 0. The topological polar surface area (TPSA) is 56.7 Å². The molecule has 78 valence electrons. The van der Waals surface area contributed by atoms with Gasteiger partial charge in [-0.3, -0.25) is 9.67 Å². The molecule has 4 nitrogen and oxygen atoms in total. The summed E-state index contributed by atoms with van der Waals surface area (Å²) in [5.41, 5.74) is 8.33. The Balaban J connectivity index is 2.11. The van der Waals surface area contributed by atoms with E-state index in [1.807, 2.05) is 29.9 Å². The van der Waals surface area contributed by atoms with Crippen LogP contribution in [0.15, 0.2) is 36.8 Å². The van der Waals surface area contributed by atoms with Crippen LogP contribution in [0.4, 0.5) is 0 Å². The lowest BCUT2D eigenvalue weighted by atomic mass is 10.1. The normalized spacial score (nSPS) is 12.7. The number of aryl methyl sites for hydroxylation is 1. The van der Waals surface area contributed by atoms with Gasteiger partial charge in [0.15, 0.2) is 0 Å². The van der Waals surface area contributed by atoms with Gasteiger partial charge in [0.05, 0.1) is 11.7 Å². The SMILES string of the molecule is Cn1nccc1C(N)Cc1ccncc1. The monoisotopic (exact) mass is 202 g/mol. The lowest BCUT2D eigenvalue weighted by Crippen LogP contribution is -2.17. The molecule has 2 rings (SSSR count). The minimum absolute atomic E-state index is 0.0140. The van der Waals surface area contributed by atoms with Crippen molar-refractivity contribution in [2.75, 3.05) is 0 Å². The Labute approximate surface area is 88.8 Å². The molecule has 0 bridgehead atoms. The molecule has 4 heteroatoms. The predicted molar refractivity (Wildman–Crippen MR) is 58.1 cm³/mol. The Morgan fingerprint density at radius 2 is 2.00 bits per heavy atom. The molecular weight excluding hydrogens is 188 g/mol. The molecule has 0 aliphatic carbocycles. The summed E-state index contributed by atoms with van der Waals surface area (Å²) in [5, 5.41) is 4.10. The van der Waals surface area contributed by atoms with Crippen LogP contribution in [0.1, 0.15) is 17.3 Å². The molecule has 2 N–H and O–H groups in total. The van der Waals surface area contributed by atoms with Gasteiger partial charge in [-0.2, -0.15) is 5.10 Å². The van der Waals surface area contributed by atoms with Crippen molar-refractivity contribution >= 4 is 0 Å². The number of aromatic nitrogens is 3. The van der Waals surface area contributed by atoms with Crippen molar-refractivity contribution in [3.05, 3.63) is 48.0 Å². The van der Waals surface area contributed by atoms with Crippen molar-refractivity contribution in [2.45, 2.75) is 12.5 Å². The second-order valence-corrected chi connectivity index (χ2v) is 3.55. The van der Waals surface area contributed by atoms with Gasteiger partial charge in [-0.25, -0.2) is 0 Å². The molecule has 0 fully saturated rings. The van der Waals surface area contributed by atoms with Crippen LogP contribution in [0, 0.1) is 0 Å². The molecule has 0 radical (unpaired) electrons. The van der Waals surface area contributed by atoms with Gasteiger partial charge in [0.1, 0.15) is 0 Å². The number of nitrogens with two attached hydrogens (primary N) is 1. The van der Waals surface area contributed by atoms with E-state index in [-0.39, 0.29) is 6.04 Å². The zero-order valence-electron chi connectivity index (χ0n) is 8.67. The van der Waals surface area contributed by atoms with Crippen LogP contribution in [-0.2, 0) is 13.5 Å². The number of pyridine rings is 1. The summed E-state index contributed by atoms with van der Waals surface area (Å²) in [6, 6.07) is 5.90. The van der Waals surface area contributed by atoms with E-state index in [4.69, 9.17) is 5.73 Å². The fourth-order valence-electron chi connectivity index (χ4n) is 1.63. The van der Waals surface area contributed by atoms with Crippen molar-refractivity contribution in [1.82, 2.24) is 14.8 Å². The zero-order chi connectivity index (χ0) is 10.7. The van der Waals surface area contributed by atoms with Gasteiger partial charge < -0.3 is 5.73 Å². The molecule has 2 aromatic rings. The smallest absolute Gasteiger partial charge is 0.0551 e. The minimum atomic E-state index is -0.0140. The summed E-state index contributed by atoms with van der Waals surface area (Å²) in [5.74, 6) is 0. The van der Waals surface area contributed by atoms with Crippen molar-refractivity contribution in [3.63, 3.8) is 0 Å². The molecule has 0 spiro atoms. The Hall–Kier alpha value is -1.68. The Kier molecular flexibility index (Phi) is 2.78. The third-order valence-electron chi connectivity index (χ3n) is 2.44. The van der Waals surface area contributed by atoms with Crippen LogP contribution in [0.2, 0.25) is 0 Å². The molecule has 0 amide bonds. The maximum atomic E-state index is 6.09. The first-order chi connectivity index (χ1) is 7.27. The molecule has 2 heterocycles. The Morgan fingerprint density at radius 1 is 1.27 bits per heavy atom. The summed E-state index contributed by atoms with van der Waals surface area (Å²) >= 11 is 0. The average Bonchev–Trinajstić information content (AvgIpc) is 2.66. The highest BCUT2D eigenvalue weighted by Crippen LogP contribution is 2.14. The molecule has 0 aliphatic rings. The predicted octanol–water partition coefficient (Wildman–Crippen LogP) is 1.06. The van der Waals surface area contributed by atoms with Gasteiger partial charge in [0.25, 0.3) is 0 Å². The Morgan fingerprint density at radius 3 is 2.60 bits per heavy atom. The van der Waals surface area contributed by atoms with Gasteiger partial charge in [-0.15, -0.1) is 0 Å². The first kappa shape index (κ1) is 9.86. The molecule has 0 saturated heterocycles. The molecular formula is C11H14N4. The van der Waals surface area contributed by atoms with E-state index in [0.29, 0.717) is 0 Å². The number of nitrogens with zero attached hydrogens (tertiary/aromatic N) is 3. The van der Waals surface area contributed by atoms with Crippen LogP contribution in [0.25, 0.3) is 0 Å². The van der Waals surface area contributed by atoms with Crippen LogP contribution in [0.5, 0.6) is 0 Å². The van der Waals surface area contributed by atoms with Crippen molar-refractivity contribution in [2.24, 2.45) is 12.8 Å². The maximum absolute atomic E-state index is 6.09. The zero-order valence-corrected chi connectivity index (χ0v) is 8.67. The highest BCUT2D eigenvalue weighted by atomic mass is 15.3. The molecule has 0 saturated carbocycles. The highest BCUT2D eigenvalue weighted by Gasteiger charge is 2.10. The third-order valence-corrected chi connectivity index (χ3v) is 2.44. The average molecular weight is 202 g/mol. The quantitative estimate of drug-likeness (QED) is 0.809. The van der Waals surface area contributed by atoms with E-state index in [9.17, 15) is 0 Å². The molecule has 0 aliphatic heterocycles. The van der Waals surface area contributed by atoms with E-state index in [1.54, 1.807) is 18.6 Å². The third kappa shape index (κ3) is 2.22. The number of rotatable bonds is 3. The maximum Gasteiger partial charge on any atom is 0.0551 e. The largest absolute Gasteiger partial charge is 0.322 e. The second-order valence-electron chi connectivity index (χ2n) is 3.55. The highest BCUT2D eigenvalue weighted by molar-refractivity contribution is 5.15. The van der Waals surface area contributed by atoms with E-state index in [2.05, 4.69) is 10.1 Å². The summed E-state index contributed by atoms with van der Waals surface area (Å²) < 4.78 is 1.81. The van der Waals surface area contributed by atoms with Gasteiger partial charge in [0.2, 0.25) is 0 Å². The van der Waals surface area contributed by atoms with E-state index in [0.717, 1.165) is 12.1 Å². The fourth-order valence-corrected chi connectivity index (χ4v) is 1.63. The first-order valence-electron chi connectivity index (χ1n) is 4.90. The van der Waals surface area contributed by atoms with Gasteiger partial charge in [-0.05, 0) is 30.2 Å². The number of hydrogen-bond donors (Lipinski definition) is 1. The molecule has 1 atom stereocenters. The first-order valence-corrected chi connectivity index (χ1v) is 4.90. The van der Waals surface area contributed by atoms with Crippen LogP contribution < -0.4 is 5.73 Å². The fraction of sp³-hybridized carbons (Fsp3) is 0.273. The lowest BCUT2D eigenvalue weighted by Gasteiger charge is -2.11. The van der Waals surface area contributed by atoms with Crippen LogP contribution in [-0.4, -0.2) is 14.8 Å². The number of hydrogen-bond acceptors (Lipinski definition) is 3. The Bertz CT molecular complexity index is 421. The van der Waals surface area contributed by atoms with Gasteiger partial charge in [-0.1, -0.05) is 0 Å². The summed E-state index contributed by atoms with van der Waals surface area (Å²) in [4.78, 5) is 3.97. The van der Waals surface area contributed by atoms with Crippen molar-refractivity contribution in [1.29, 1.82) is 0 Å². The summed E-state index contributed by atoms with van der Waals surface area (Å²) in [7, 11) is 1.90. The van der Waals surface area contributed by atoms with E-state index >= 15 is 0 Å². The van der Waals surface area contributed by atoms with Crippen molar-refractivity contribution < 1.29 is 0 Å². The van der Waals surface area contributed by atoms with Gasteiger partial charge in [0, 0.05) is 25.6 Å². The van der Waals surface area contributed by atoms with E-state index in [1.165, 1.54) is 5.56 Å². The van der Waals surface area contributed by atoms with E-state index < -0.39 is 0 Å². The molecule has 0 aromatic carbocycles. The molecule has 2 aromatic heterocycles. The summed E-state index contributed by atoms with van der Waals surface area (Å²) in [6.07, 6.45) is 6.14. The van der Waals surface area contributed by atoms with Gasteiger partial charge >= 0.3 is 0 Å². The van der Waals surface area contributed by atoms with Crippen LogP contribution >= 0.6 is 0 Å².